The standard InChI is InChI=1S/C10H16N4O3/c1-2-3-14-6-8(4-10(15)16)17-9(7-14)5-12-13-11/h2,8-9H,1,3-7H2,(H,15,16)/t8-,9+/m0/s1. The van der Waals surface area contributed by atoms with Crippen LogP contribution < -0.4 is 0 Å². The second kappa shape index (κ2) is 6.90. The second-order valence-corrected chi connectivity index (χ2v) is 3.90. The van der Waals surface area contributed by atoms with Crippen molar-refractivity contribution in [1.29, 1.82) is 0 Å². The van der Waals surface area contributed by atoms with E-state index < -0.39 is 5.97 Å². The molecule has 7 nitrogen and oxygen atoms in total. The van der Waals surface area contributed by atoms with Crippen LogP contribution in [-0.4, -0.2) is 54.4 Å². The van der Waals surface area contributed by atoms with Gasteiger partial charge in [-0.3, -0.25) is 9.69 Å². The molecule has 1 heterocycles. The fourth-order valence-corrected chi connectivity index (χ4v) is 1.88. The average molecular weight is 240 g/mol. The fraction of sp³-hybridized carbons (Fsp3) is 0.700. The van der Waals surface area contributed by atoms with Gasteiger partial charge in [0, 0.05) is 24.5 Å². The zero-order valence-corrected chi connectivity index (χ0v) is 9.53. The van der Waals surface area contributed by atoms with Crippen molar-refractivity contribution in [3.05, 3.63) is 23.1 Å². The first kappa shape index (κ1) is 13.5. The Labute approximate surface area is 99.3 Å². The minimum absolute atomic E-state index is 0.0413. The molecule has 1 rings (SSSR count). The Hall–Kier alpha value is -1.56. The maximum atomic E-state index is 10.7. The van der Waals surface area contributed by atoms with Crippen LogP contribution in [0.15, 0.2) is 17.8 Å². The molecule has 0 aromatic carbocycles. The predicted molar refractivity (Wildman–Crippen MR) is 61.6 cm³/mol. The summed E-state index contributed by atoms with van der Waals surface area (Å²) in [6.07, 6.45) is 1.11. The zero-order chi connectivity index (χ0) is 12.7. The molecule has 7 heteroatoms. The van der Waals surface area contributed by atoms with Crippen LogP contribution in [0.2, 0.25) is 0 Å². The fourth-order valence-electron chi connectivity index (χ4n) is 1.88. The zero-order valence-electron chi connectivity index (χ0n) is 9.53. The molecule has 0 amide bonds. The third-order valence-electron chi connectivity index (χ3n) is 2.45. The SMILES string of the molecule is C=CCN1C[C@@H](CN=[N+]=[N-])O[C@@H](CC(=O)O)C1. The molecule has 0 unspecified atom stereocenters. The molecule has 0 bridgehead atoms. The van der Waals surface area contributed by atoms with Gasteiger partial charge in [0.25, 0.3) is 0 Å². The molecule has 1 N–H and O–H groups in total. The largest absolute Gasteiger partial charge is 0.481 e. The Morgan fingerprint density at radius 1 is 1.65 bits per heavy atom. The van der Waals surface area contributed by atoms with E-state index in [1.165, 1.54) is 0 Å². The molecule has 1 aliphatic rings. The predicted octanol–water partition coefficient (Wildman–Crippen LogP) is 1.03. The lowest BCUT2D eigenvalue weighted by Gasteiger charge is -2.36. The van der Waals surface area contributed by atoms with Gasteiger partial charge in [0.2, 0.25) is 0 Å². The van der Waals surface area contributed by atoms with E-state index in [4.69, 9.17) is 15.4 Å². The van der Waals surface area contributed by atoms with Gasteiger partial charge in [-0.15, -0.1) is 6.58 Å². The van der Waals surface area contributed by atoms with E-state index in [0.717, 1.165) is 0 Å². The molecule has 1 aliphatic heterocycles. The minimum Gasteiger partial charge on any atom is -0.481 e. The Kier molecular flexibility index (Phi) is 5.48. The van der Waals surface area contributed by atoms with Crippen LogP contribution in [0.5, 0.6) is 0 Å². The van der Waals surface area contributed by atoms with Gasteiger partial charge in [-0.25, -0.2) is 0 Å². The third kappa shape index (κ3) is 4.86. The molecule has 0 radical (unpaired) electrons. The first-order valence-corrected chi connectivity index (χ1v) is 5.37. The number of carbonyl (C=O) groups is 1. The molecule has 0 aromatic heterocycles. The van der Waals surface area contributed by atoms with Gasteiger partial charge in [-0.05, 0) is 5.53 Å². The van der Waals surface area contributed by atoms with Gasteiger partial charge in [-0.2, -0.15) is 0 Å². The lowest BCUT2D eigenvalue weighted by molar-refractivity contribution is -0.145. The number of aliphatic carboxylic acids is 1. The van der Waals surface area contributed by atoms with Crippen LogP contribution >= 0.6 is 0 Å². The monoisotopic (exact) mass is 240 g/mol. The summed E-state index contributed by atoms with van der Waals surface area (Å²) in [5.41, 5.74) is 8.26. The topological polar surface area (TPSA) is 98.5 Å². The molecule has 2 atom stereocenters. The molecule has 17 heavy (non-hydrogen) atoms. The summed E-state index contributed by atoms with van der Waals surface area (Å²) >= 11 is 0. The van der Waals surface area contributed by atoms with Crippen LogP contribution in [0.25, 0.3) is 10.4 Å². The van der Waals surface area contributed by atoms with Crippen molar-refractivity contribution in [2.75, 3.05) is 26.2 Å². The third-order valence-corrected chi connectivity index (χ3v) is 2.45. The summed E-state index contributed by atoms with van der Waals surface area (Å²) in [6, 6.07) is 0. The lowest BCUT2D eigenvalue weighted by atomic mass is 10.1. The van der Waals surface area contributed by atoms with Crippen LogP contribution in [-0.2, 0) is 9.53 Å². The number of carboxylic acids is 1. The van der Waals surface area contributed by atoms with E-state index in [0.29, 0.717) is 19.6 Å². The number of carboxylic acid groups (broad SMARTS) is 1. The minimum atomic E-state index is -0.891. The van der Waals surface area contributed by atoms with Gasteiger partial charge in [0.15, 0.2) is 0 Å². The molecule has 0 aromatic rings. The number of morpholine rings is 1. The quantitative estimate of drug-likeness (QED) is 0.324. The molecule has 94 valence electrons. The van der Waals surface area contributed by atoms with E-state index in [-0.39, 0.29) is 25.2 Å². The van der Waals surface area contributed by atoms with Crippen molar-refractivity contribution in [1.82, 2.24) is 4.90 Å². The van der Waals surface area contributed by atoms with Crippen molar-refractivity contribution < 1.29 is 14.6 Å². The van der Waals surface area contributed by atoms with Gasteiger partial charge >= 0.3 is 5.97 Å². The summed E-state index contributed by atoms with van der Waals surface area (Å²) in [5.74, 6) is -0.891. The Bertz CT molecular complexity index is 316. The van der Waals surface area contributed by atoms with Crippen molar-refractivity contribution in [2.45, 2.75) is 18.6 Å². The Morgan fingerprint density at radius 2 is 2.35 bits per heavy atom. The summed E-state index contributed by atoms with van der Waals surface area (Å²) in [4.78, 5) is 15.4. The van der Waals surface area contributed by atoms with Crippen molar-refractivity contribution >= 4 is 5.97 Å². The van der Waals surface area contributed by atoms with Crippen LogP contribution in [0.4, 0.5) is 0 Å². The number of hydrogen-bond acceptors (Lipinski definition) is 4. The second-order valence-electron chi connectivity index (χ2n) is 3.90. The first-order chi connectivity index (χ1) is 8.15. The van der Waals surface area contributed by atoms with E-state index >= 15 is 0 Å². The van der Waals surface area contributed by atoms with Gasteiger partial charge in [0.05, 0.1) is 25.2 Å². The summed E-state index contributed by atoms with van der Waals surface area (Å²) < 4.78 is 5.55. The molecular weight excluding hydrogens is 224 g/mol. The van der Waals surface area contributed by atoms with Crippen molar-refractivity contribution in [2.24, 2.45) is 5.11 Å². The smallest absolute Gasteiger partial charge is 0.306 e. The maximum absolute atomic E-state index is 10.7. The highest BCUT2D eigenvalue weighted by molar-refractivity contribution is 5.67. The van der Waals surface area contributed by atoms with Crippen molar-refractivity contribution in [3.8, 4) is 0 Å². The molecule has 0 aliphatic carbocycles. The number of nitrogens with zero attached hydrogens (tertiary/aromatic N) is 4. The summed E-state index contributed by atoms with van der Waals surface area (Å²) in [7, 11) is 0. The van der Waals surface area contributed by atoms with E-state index in [1.807, 2.05) is 4.90 Å². The molecular formula is C10H16N4O3. The van der Waals surface area contributed by atoms with Crippen molar-refractivity contribution in [3.63, 3.8) is 0 Å². The average Bonchev–Trinajstić information content (AvgIpc) is 2.25. The maximum Gasteiger partial charge on any atom is 0.306 e. The summed E-state index contributed by atoms with van der Waals surface area (Å²) in [6.45, 7) is 5.73. The summed E-state index contributed by atoms with van der Waals surface area (Å²) in [5, 5.41) is 12.2. The van der Waals surface area contributed by atoms with Crippen LogP contribution in [0.1, 0.15) is 6.42 Å². The molecule has 0 spiro atoms. The number of rotatable bonds is 6. The van der Waals surface area contributed by atoms with Gasteiger partial charge in [-0.1, -0.05) is 11.2 Å². The molecule has 1 fully saturated rings. The molecule has 1 saturated heterocycles. The molecule has 0 saturated carbocycles. The first-order valence-electron chi connectivity index (χ1n) is 5.37. The van der Waals surface area contributed by atoms with E-state index in [1.54, 1.807) is 6.08 Å². The van der Waals surface area contributed by atoms with Crippen LogP contribution in [0.3, 0.4) is 0 Å². The lowest BCUT2D eigenvalue weighted by Crippen LogP contribution is -2.49. The van der Waals surface area contributed by atoms with E-state index in [2.05, 4.69) is 16.6 Å². The highest BCUT2D eigenvalue weighted by Gasteiger charge is 2.28. The van der Waals surface area contributed by atoms with Crippen LogP contribution in [0, 0.1) is 0 Å². The van der Waals surface area contributed by atoms with Gasteiger partial charge < -0.3 is 9.84 Å². The highest BCUT2D eigenvalue weighted by Crippen LogP contribution is 2.14. The Balaban J connectivity index is 2.57. The normalized spacial score (nSPS) is 24.9. The highest BCUT2D eigenvalue weighted by atomic mass is 16.5. The number of ether oxygens (including phenoxy) is 1. The number of hydrogen-bond donors (Lipinski definition) is 1. The van der Waals surface area contributed by atoms with Gasteiger partial charge in [0.1, 0.15) is 0 Å². The Morgan fingerprint density at radius 3 is 2.94 bits per heavy atom. The van der Waals surface area contributed by atoms with E-state index in [9.17, 15) is 4.79 Å². The number of azide groups is 1.